The number of carbonyl (C=O) groups is 2. The van der Waals surface area contributed by atoms with Gasteiger partial charge in [0, 0.05) is 12.5 Å². The van der Waals surface area contributed by atoms with Gasteiger partial charge in [0.15, 0.2) is 0 Å². The van der Waals surface area contributed by atoms with Crippen LogP contribution in [-0.2, 0) is 9.59 Å². The van der Waals surface area contributed by atoms with Gasteiger partial charge in [0.2, 0.25) is 5.91 Å². The van der Waals surface area contributed by atoms with Gasteiger partial charge in [-0.15, -0.1) is 0 Å². The second-order valence-electron chi connectivity index (χ2n) is 6.30. The number of fused-ring (bicyclic) bond motifs is 1. The molecule has 1 aliphatic heterocycles. The van der Waals surface area contributed by atoms with E-state index in [1.54, 1.807) is 4.90 Å². The molecule has 0 radical (unpaired) electrons. The van der Waals surface area contributed by atoms with Crippen LogP contribution in [0.15, 0.2) is 42.5 Å². The van der Waals surface area contributed by atoms with Crippen molar-refractivity contribution in [2.75, 3.05) is 18.1 Å². The van der Waals surface area contributed by atoms with E-state index in [2.05, 4.69) is 5.32 Å². The Bertz CT molecular complexity index is 802. The minimum atomic E-state index is -0.622. The number of amides is 2. The Morgan fingerprint density at radius 1 is 1.20 bits per heavy atom. The van der Waals surface area contributed by atoms with Gasteiger partial charge in [0.1, 0.15) is 18.4 Å². The number of anilines is 1. The Morgan fingerprint density at radius 3 is 2.60 bits per heavy atom. The van der Waals surface area contributed by atoms with Crippen LogP contribution in [0.25, 0.3) is 0 Å². The number of ether oxygens (including phenoxy) is 1. The third kappa shape index (κ3) is 3.50. The summed E-state index contributed by atoms with van der Waals surface area (Å²) in [5, 5.41) is 2.77. The fraction of sp³-hybridized carbons (Fsp3) is 0.300. The van der Waals surface area contributed by atoms with Gasteiger partial charge in [-0.25, -0.2) is 0 Å². The molecule has 5 nitrogen and oxygen atoms in total. The van der Waals surface area contributed by atoms with Crippen molar-refractivity contribution in [2.45, 2.75) is 26.8 Å². The van der Waals surface area contributed by atoms with Gasteiger partial charge in [-0.2, -0.15) is 0 Å². The predicted octanol–water partition coefficient (Wildman–Crippen LogP) is 2.91. The van der Waals surface area contributed by atoms with E-state index in [1.165, 1.54) is 6.92 Å². The molecule has 1 aliphatic rings. The van der Waals surface area contributed by atoms with Crippen molar-refractivity contribution in [3.05, 3.63) is 59.2 Å². The van der Waals surface area contributed by atoms with Crippen molar-refractivity contribution < 1.29 is 14.3 Å². The number of aryl methyl sites for hydroxylation is 2. The molecule has 0 saturated carbocycles. The van der Waals surface area contributed by atoms with Crippen LogP contribution < -0.4 is 15.0 Å². The van der Waals surface area contributed by atoms with E-state index in [-0.39, 0.29) is 11.8 Å². The maximum atomic E-state index is 12.9. The standard InChI is InChI=1S/C20H22N2O3/c1-13-11-14(2)19-17(12-13)18(21-15(3)23)20(24)22(19)9-10-25-16-7-5-4-6-8-16/h4-8,11-12,18H,9-10H2,1-3H3,(H,21,23). The highest BCUT2D eigenvalue weighted by Gasteiger charge is 2.38. The first-order valence-corrected chi connectivity index (χ1v) is 8.35. The summed E-state index contributed by atoms with van der Waals surface area (Å²) in [6.07, 6.45) is 0. The zero-order chi connectivity index (χ0) is 18.0. The van der Waals surface area contributed by atoms with Crippen molar-refractivity contribution in [1.82, 2.24) is 5.32 Å². The lowest BCUT2D eigenvalue weighted by Crippen LogP contribution is -2.38. The van der Waals surface area contributed by atoms with Crippen LogP contribution in [0.2, 0.25) is 0 Å². The number of hydrogen-bond acceptors (Lipinski definition) is 3. The Hall–Kier alpha value is -2.82. The summed E-state index contributed by atoms with van der Waals surface area (Å²) >= 11 is 0. The number of rotatable bonds is 5. The van der Waals surface area contributed by atoms with Crippen LogP contribution in [0.3, 0.4) is 0 Å². The summed E-state index contributed by atoms with van der Waals surface area (Å²) in [4.78, 5) is 26.1. The third-order valence-electron chi connectivity index (χ3n) is 4.24. The first kappa shape index (κ1) is 17.0. The van der Waals surface area contributed by atoms with E-state index in [9.17, 15) is 9.59 Å². The largest absolute Gasteiger partial charge is 0.492 e. The summed E-state index contributed by atoms with van der Waals surface area (Å²) in [7, 11) is 0. The molecule has 130 valence electrons. The highest BCUT2D eigenvalue weighted by molar-refractivity contribution is 6.07. The summed E-state index contributed by atoms with van der Waals surface area (Å²) in [5.41, 5.74) is 3.83. The summed E-state index contributed by atoms with van der Waals surface area (Å²) < 4.78 is 5.73. The highest BCUT2D eigenvalue weighted by Crippen LogP contribution is 2.39. The maximum Gasteiger partial charge on any atom is 0.254 e. The number of hydrogen-bond donors (Lipinski definition) is 1. The molecule has 1 unspecified atom stereocenters. The van der Waals surface area contributed by atoms with Crippen molar-refractivity contribution in [1.29, 1.82) is 0 Å². The van der Waals surface area contributed by atoms with Gasteiger partial charge in [-0.1, -0.05) is 35.9 Å². The average molecular weight is 338 g/mol. The van der Waals surface area contributed by atoms with E-state index >= 15 is 0 Å². The molecule has 2 aromatic rings. The number of benzene rings is 2. The van der Waals surface area contributed by atoms with Gasteiger partial charge < -0.3 is 15.0 Å². The number of para-hydroxylation sites is 1. The number of carbonyl (C=O) groups excluding carboxylic acids is 2. The lowest BCUT2D eigenvalue weighted by Gasteiger charge is -2.20. The molecule has 0 fully saturated rings. The Morgan fingerprint density at radius 2 is 1.92 bits per heavy atom. The molecule has 0 saturated heterocycles. The quantitative estimate of drug-likeness (QED) is 0.912. The van der Waals surface area contributed by atoms with Crippen LogP contribution >= 0.6 is 0 Å². The predicted molar refractivity (Wildman–Crippen MR) is 96.8 cm³/mol. The summed E-state index contributed by atoms with van der Waals surface area (Å²) in [5.74, 6) is 0.440. The van der Waals surface area contributed by atoms with E-state index in [4.69, 9.17) is 4.74 Å². The molecule has 0 aromatic heterocycles. The highest BCUT2D eigenvalue weighted by atomic mass is 16.5. The Labute approximate surface area is 147 Å². The molecule has 2 aromatic carbocycles. The number of nitrogens with one attached hydrogen (secondary N) is 1. The first-order valence-electron chi connectivity index (χ1n) is 8.35. The van der Waals surface area contributed by atoms with Crippen LogP contribution in [-0.4, -0.2) is 25.0 Å². The summed E-state index contributed by atoms with van der Waals surface area (Å²) in [6.45, 7) is 6.22. The molecule has 3 rings (SSSR count). The molecule has 0 aliphatic carbocycles. The lowest BCUT2D eigenvalue weighted by molar-refractivity contribution is -0.126. The Kier molecular flexibility index (Phi) is 4.74. The molecule has 2 amide bonds. The zero-order valence-corrected chi connectivity index (χ0v) is 14.7. The molecule has 0 bridgehead atoms. The smallest absolute Gasteiger partial charge is 0.254 e. The van der Waals surface area contributed by atoms with E-state index in [0.717, 1.165) is 28.1 Å². The lowest BCUT2D eigenvalue weighted by atomic mass is 10.0. The van der Waals surface area contributed by atoms with Gasteiger partial charge in [0.05, 0.1) is 12.2 Å². The SMILES string of the molecule is CC(=O)NC1C(=O)N(CCOc2ccccc2)c2c(C)cc(C)cc21. The first-order chi connectivity index (χ1) is 12.0. The normalized spacial score (nSPS) is 15.9. The second kappa shape index (κ2) is 6.97. The van der Waals surface area contributed by atoms with Crippen molar-refractivity contribution in [2.24, 2.45) is 0 Å². The molecule has 5 heteroatoms. The molecular weight excluding hydrogens is 316 g/mol. The van der Waals surface area contributed by atoms with E-state index < -0.39 is 6.04 Å². The second-order valence-corrected chi connectivity index (χ2v) is 6.30. The van der Waals surface area contributed by atoms with Gasteiger partial charge >= 0.3 is 0 Å². The monoisotopic (exact) mass is 338 g/mol. The molecular formula is C20H22N2O3. The molecule has 1 heterocycles. The fourth-order valence-electron chi connectivity index (χ4n) is 3.32. The Balaban J connectivity index is 1.82. The maximum absolute atomic E-state index is 12.9. The molecule has 25 heavy (non-hydrogen) atoms. The average Bonchev–Trinajstić information content (AvgIpc) is 2.81. The van der Waals surface area contributed by atoms with Crippen LogP contribution in [0, 0.1) is 13.8 Å². The van der Waals surface area contributed by atoms with Gasteiger partial charge in [-0.3, -0.25) is 9.59 Å². The van der Waals surface area contributed by atoms with Gasteiger partial charge in [0.25, 0.3) is 5.91 Å². The molecule has 1 atom stereocenters. The minimum Gasteiger partial charge on any atom is -0.492 e. The fourth-order valence-corrected chi connectivity index (χ4v) is 3.32. The van der Waals surface area contributed by atoms with Crippen LogP contribution in [0.5, 0.6) is 5.75 Å². The van der Waals surface area contributed by atoms with Crippen molar-refractivity contribution >= 4 is 17.5 Å². The van der Waals surface area contributed by atoms with E-state index in [1.807, 2.05) is 56.3 Å². The topological polar surface area (TPSA) is 58.6 Å². The number of nitrogens with zero attached hydrogens (tertiary/aromatic N) is 1. The van der Waals surface area contributed by atoms with Gasteiger partial charge in [-0.05, 0) is 31.5 Å². The molecule has 1 N–H and O–H groups in total. The molecule has 0 spiro atoms. The van der Waals surface area contributed by atoms with Crippen molar-refractivity contribution in [3.63, 3.8) is 0 Å². The van der Waals surface area contributed by atoms with Crippen molar-refractivity contribution in [3.8, 4) is 5.75 Å². The zero-order valence-electron chi connectivity index (χ0n) is 14.7. The van der Waals surface area contributed by atoms with Crippen LogP contribution in [0.4, 0.5) is 5.69 Å². The van der Waals surface area contributed by atoms with E-state index in [0.29, 0.717) is 13.2 Å². The minimum absolute atomic E-state index is 0.115. The van der Waals surface area contributed by atoms with Crippen LogP contribution in [0.1, 0.15) is 29.7 Å². The third-order valence-corrected chi connectivity index (χ3v) is 4.24. The summed E-state index contributed by atoms with van der Waals surface area (Å²) in [6, 6.07) is 12.9.